The molecule has 4 nitrogen and oxygen atoms in total. The van der Waals surface area contributed by atoms with Crippen LogP contribution in [0.3, 0.4) is 0 Å². The van der Waals surface area contributed by atoms with Crippen LogP contribution < -0.4 is 10.5 Å². The fourth-order valence-corrected chi connectivity index (χ4v) is 3.18. The molecule has 1 aromatic heterocycles. The fourth-order valence-electron chi connectivity index (χ4n) is 1.55. The van der Waals surface area contributed by atoms with Crippen LogP contribution in [0, 0.1) is 6.92 Å². The van der Waals surface area contributed by atoms with E-state index in [0.717, 1.165) is 33.7 Å². The molecule has 0 amide bonds. The monoisotopic (exact) mass is 295 g/mol. The molecule has 0 spiro atoms. The molecule has 0 bridgehead atoms. The van der Waals surface area contributed by atoms with Gasteiger partial charge in [-0.05, 0) is 30.9 Å². The smallest absolute Gasteiger partial charge is 0.170 e. The first-order valence-corrected chi connectivity index (χ1v) is 7.89. The van der Waals surface area contributed by atoms with Gasteiger partial charge in [-0.15, -0.1) is 0 Å². The van der Waals surface area contributed by atoms with Gasteiger partial charge in [-0.2, -0.15) is 4.37 Å². The number of hydrogen-bond donors (Lipinski definition) is 1. The minimum absolute atomic E-state index is 0.509. The highest BCUT2D eigenvalue weighted by Crippen LogP contribution is 2.21. The number of aromatic nitrogens is 2. The van der Waals surface area contributed by atoms with Gasteiger partial charge in [0.05, 0.1) is 6.61 Å². The van der Waals surface area contributed by atoms with E-state index in [2.05, 4.69) is 9.36 Å². The largest absolute Gasteiger partial charge is 0.493 e. The molecule has 0 fully saturated rings. The van der Waals surface area contributed by atoms with Crippen molar-refractivity contribution in [2.24, 2.45) is 5.73 Å². The van der Waals surface area contributed by atoms with Crippen molar-refractivity contribution in [2.75, 3.05) is 12.4 Å². The van der Waals surface area contributed by atoms with Gasteiger partial charge < -0.3 is 10.5 Å². The number of aryl methyl sites for hydroxylation is 1. The second-order valence-electron chi connectivity index (χ2n) is 3.97. The number of rotatable bonds is 7. The van der Waals surface area contributed by atoms with Crippen molar-refractivity contribution in [1.82, 2.24) is 9.36 Å². The molecule has 6 heteroatoms. The Morgan fingerprint density at radius 1 is 1.37 bits per heavy atom. The van der Waals surface area contributed by atoms with Crippen molar-refractivity contribution in [3.05, 3.63) is 35.7 Å². The number of nitrogens with two attached hydrogens (primary N) is 1. The molecule has 2 N–H and O–H groups in total. The van der Waals surface area contributed by atoms with E-state index in [1.165, 1.54) is 11.5 Å². The van der Waals surface area contributed by atoms with Crippen molar-refractivity contribution >= 4 is 23.3 Å². The summed E-state index contributed by atoms with van der Waals surface area (Å²) in [7, 11) is 0. The highest BCUT2D eigenvalue weighted by atomic mass is 32.2. The van der Waals surface area contributed by atoms with Crippen LogP contribution in [0.1, 0.15) is 17.8 Å². The Kier molecular flexibility index (Phi) is 5.62. The molecule has 1 heterocycles. The van der Waals surface area contributed by atoms with Crippen molar-refractivity contribution in [3.8, 4) is 5.75 Å². The molecule has 0 aliphatic carbocycles. The van der Waals surface area contributed by atoms with Crippen LogP contribution in [0.5, 0.6) is 5.75 Å². The van der Waals surface area contributed by atoms with Crippen molar-refractivity contribution < 1.29 is 4.74 Å². The van der Waals surface area contributed by atoms with Gasteiger partial charge in [0.1, 0.15) is 11.6 Å². The number of nitrogens with zero attached hydrogens (tertiary/aromatic N) is 2. The Bertz CT molecular complexity index is 516. The Hall–Kier alpha value is -1.11. The van der Waals surface area contributed by atoms with Gasteiger partial charge >= 0.3 is 0 Å². The molecule has 102 valence electrons. The highest BCUT2D eigenvalue weighted by molar-refractivity contribution is 8.00. The summed E-state index contributed by atoms with van der Waals surface area (Å²) in [4.78, 5) is 4.31. The Morgan fingerprint density at radius 2 is 2.21 bits per heavy atom. The Labute approximate surface area is 121 Å². The van der Waals surface area contributed by atoms with Crippen LogP contribution >= 0.6 is 23.3 Å². The maximum absolute atomic E-state index is 5.75. The van der Waals surface area contributed by atoms with Crippen LogP contribution in [0.25, 0.3) is 0 Å². The first-order valence-electron chi connectivity index (χ1n) is 6.13. The first-order chi connectivity index (χ1) is 9.29. The van der Waals surface area contributed by atoms with Crippen LogP contribution in [-0.4, -0.2) is 21.7 Å². The summed E-state index contributed by atoms with van der Waals surface area (Å²) >= 11 is 3.18. The summed E-state index contributed by atoms with van der Waals surface area (Å²) in [6.45, 7) is 3.12. The number of ether oxygens (including phenoxy) is 1. The number of para-hydroxylation sites is 1. The van der Waals surface area contributed by atoms with Crippen molar-refractivity contribution in [2.45, 2.75) is 24.2 Å². The number of benzene rings is 1. The lowest BCUT2D eigenvalue weighted by molar-refractivity contribution is 0.315. The zero-order valence-corrected chi connectivity index (χ0v) is 12.5. The first kappa shape index (κ1) is 14.3. The van der Waals surface area contributed by atoms with Gasteiger partial charge in [-0.25, -0.2) is 4.98 Å². The van der Waals surface area contributed by atoms with Crippen LogP contribution in [0.15, 0.2) is 28.6 Å². The van der Waals surface area contributed by atoms with Gasteiger partial charge in [0, 0.05) is 17.9 Å². The third-order valence-corrected chi connectivity index (χ3v) is 4.48. The predicted octanol–water partition coefficient (Wildman–Crippen LogP) is 2.87. The molecule has 1 aromatic carbocycles. The molecule has 19 heavy (non-hydrogen) atoms. The van der Waals surface area contributed by atoms with Gasteiger partial charge in [-0.3, -0.25) is 0 Å². The highest BCUT2D eigenvalue weighted by Gasteiger charge is 2.02. The molecule has 0 radical (unpaired) electrons. The third kappa shape index (κ3) is 4.49. The molecule has 0 saturated heterocycles. The minimum Gasteiger partial charge on any atom is -0.493 e. The topological polar surface area (TPSA) is 61.0 Å². The van der Waals surface area contributed by atoms with E-state index >= 15 is 0 Å². The quantitative estimate of drug-likeness (QED) is 0.628. The lowest BCUT2D eigenvalue weighted by atomic mass is 10.2. The summed E-state index contributed by atoms with van der Waals surface area (Å²) in [5, 5.41) is 0. The van der Waals surface area contributed by atoms with E-state index in [-0.39, 0.29) is 0 Å². The van der Waals surface area contributed by atoms with Crippen LogP contribution in [-0.2, 0) is 6.54 Å². The number of thioether (sulfide) groups is 1. The molecular formula is C13H17N3OS2. The molecule has 0 unspecified atom stereocenters. The van der Waals surface area contributed by atoms with Crippen molar-refractivity contribution in [3.63, 3.8) is 0 Å². The standard InChI is InChI=1S/C13H17N3OS2/c1-10-15-13(19-16-10)18-8-4-7-17-12-6-3-2-5-11(12)9-14/h2-3,5-6H,4,7-9,14H2,1H3. The van der Waals surface area contributed by atoms with E-state index in [0.29, 0.717) is 13.2 Å². The summed E-state index contributed by atoms with van der Waals surface area (Å²) in [5.74, 6) is 2.72. The zero-order chi connectivity index (χ0) is 13.5. The van der Waals surface area contributed by atoms with Gasteiger partial charge in [0.25, 0.3) is 0 Å². The number of hydrogen-bond acceptors (Lipinski definition) is 6. The molecule has 0 saturated carbocycles. The van der Waals surface area contributed by atoms with E-state index in [4.69, 9.17) is 10.5 Å². The van der Waals surface area contributed by atoms with E-state index in [1.54, 1.807) is 11.8 Å². The summed E-state index contributed by atoms with van der Waals surface area (Å²) in [6.07, 6.45) is 0.974. The van der Waals surface area contributed by atoms with Gasteiger partial charge in [0.15, 0.2) is 4.34 Å². The lowest BCUT2D eigenvalue weighted by Crippen LogP contribution is -2.04. The summed E-state index contributed by atoms with van der Waals surface area (Å²) < 4.78 is 10.9. The molecule has 2 rings (SSSR count). The minimum atomic E-state index is 0.509. The van der Waals surface area contributed by atoms with Crippen molar-refractivity contribution in [1.29, 1.82) is 0 Å². The van der Waals surface area contributed by atoms with E-state index in [9.17, 15) is 0 Å². The van der Waals surface area contributed by atoms with E-state index in [1.807, 2.05) is 31.2 Å². The second-order valence-corrected chi connectivity index (χ2v) is 6.06. The fraction of sp³-hybridized carbons (Fsp3) is 0.385. The normalized spacial score (nSPS) is 10.6. The summed E-state index contributed by atoms with van der Waals surface area (Å²) in [6, 6.07) is 7.90. The SMILES string of the molecule is Cc1nsc(SCCCOc2ccccc2CN)n1. The zero-order valence-electron chi connectivity index (χ0n) is 10.8. The molecular weight excluding hydrogens is 278 g/mol. The van der Waals surface area contributed by atoms with Crippen LogP contribution in [0.4, 0.5) is 0 Å². The Balaban J connectivity index is 1.69. The molecule has 0 atom stereocenters. The lowest BCUT2D eigenvalue weighted by Gasteiger charge is -2.09. The average Bonchev–Trinajstić information content (AvgIpc) is 2.84. The van der Waals surface area contributed by atoms with Gasteiger partial charge in [0.2, 0.25) is 0 Å². The van der Waals surface area contributed by atoms with E-state index < -0.39 is 0 Å². The Morgan fingerprint density at radius 3 is 2.95 bits per heavy atom. The van der Waals surface area contributed by atoms with Crippen LogP contribution in [0.2, 0.25) is 0 Å². The average molecular weight is 295 g/mol. The maximum Gasteiger partial charge on any atom is 0.170 e. The molecule has 0 aliphatic rings. The summed E-state index contributed by atoms with van der Waals surface area (Å²) in [5.41, 5.74) is 6.71. The second kappa shape index (κ2) is 7.47. The maximum atomic E-state index is 5.75. The molecule has 0 aliphatic heterocycles. The third-order valence-electron chi connectivity index (χ3n) is 2.47. The van der Waals surface area contributed by atoms with Gasteiger partial charge in [-0.1, -0.05) is 30.0 Å². The predicted molar refractivity (Wildman–Crippen MR) is 79.8 cm³/mol. The molecule has 2 aromatic rings.